The SMILES string of the molecule is CC(C)c1c(N2CCCC2)cccc1C(F)(F)F.CC(C)c1ccc(Cl)cc1.CC(C)c1ccc(Cl)cc1N1CCC2(CCOCC2)C1.CC(C)c1ccc(Cl)cc1N1CCCC1.CC(C)c1ccc(Cl)cc1N1CCOCC1.CC(C)c1ccc2c(c1)COC2.CC(C)c1ccc2c(c1)OCO2.Cc1cc(-c2ccccc2)ccc1C(C)C.Cc1ccc(C(C)C)c(N2CCCC2)c1. The Bertz CT molecular complexity index is 5110. The lowest BCUT2D eigenvalue weighted by Gasteiger charge is -2.34. The van der Waals surface area contributed by atoms with Gasteiger partial charge in [-0.25, -0.2) is 0 Å². The van der Waals surface area contributed by atoms with Crippen molar-refractivity contribution in [2.75, 3.05) is 123 Å². The van der Waals surface area contributed by atoms with Crippen molar-refractivity contribution in [3.05, 3.63) is 298 Å². The van der Waals surface area contributed by atoms with Gasteiger partial charge in [0.1, 0.15) is 0 Å². The number of alkyl halides is 3. The Morgan fingerprint density at radius 1 is 0.313 bits per heavy atom. The first-order valence-electron chi connectivity index (χ1n) is 49.6. The van der Waals surface area contributed by atoms with Crippen LogP contribution in [0.4, 0.5) is 41.6 Å². The summed E-state index contributed by atoms with van der Waals surface area (Å²) in [6, 6.07) is 68.3. The van der Waals surface area contributed by atoms with Gasteiger partial charge >= 0.3 is 6.18 Å². The minimum absolute atomic E-state index is 0.126. The standard InChI is InChI=1S/C17H24ClNO.C16H18.C14H18F3N.C14H21N.C13H18ClNO.C13H18ClN.C11H14O.C10H12O2.C9H11Cl/c1-13(2)15-4-3-14(18)11-16(15)19-8-5-17(12-19)6-9-20-10-7-17;1-12(2)16-10-9-15(11-13(16)3)14-7-5-4-6-8-14;1-10(2)13-11(14(15,16)17)6-5-7-12(13)18-8-3-4-9-18;1-11(2)13-7-6-12(3)10-14(13)15-8-4-5-9-15;1-10(2)12-4-3-11(14)9-13(12)15-5-7-16-8-6-15;1-10(2)12-6-5-11(14)9-13(12)15-7-3-4-8-15;1-8(2)9-3-4-10-6-12-7-11(10)5-9;1-7(2)8-3-4-9-10(5-8)12-6-11-9;1-7(2)8-3-5-9(10)6-4-8/h3-4,11,13H,5-10,12H2,1-2H3;4-12H,1-3H3;5-7,10H,3-4,8-9H2,1-2H3;6-7,10-11H,4-5,8-9H2,1-3H3;3-4,9-10H,5-8H2,1-2H3;5-6,9-10H,3-4,7-8H2,1-2H3;3-5,8H,6-7H2,1-2H3;3-5,7H,6H2,1-2H3;3-7H,1-2H3. The topological polar surface area (TPSA) is 62.4 Å². The first-order valence-corrected chi connectivity index (χ1v) is 51.1. The zero-order valence-corrected chi connectivity index (χ0v) is 87.1. The van der Waals surface area contributed by atoms with Gasteiger partial charge in [-0.3, -0.25) is 0 Å². The van der Waals surface area contributed by atoms with Crippen LogP contribution in [0, 0.1) is 19.3 Å². The minimum Gasteiger partial charge on any atom is -0.454 e. The van der Waals surface area contributed by atoms with E-state index in [1.807, 2.05) is 62.4 Å². The molecule has 10 aromatic rings. The van der Waals surface area contributed by atoms with Crippen LogP contribution in [-0.4, -0.2) is 98.7 Å². The van der Waals surface area contributed by atoms with Crippen molar-refractivity contribution in [2.24, 2.45) is 5.41 Å². The normalized spacial score (nSPS) is 15.9. The Morgan fingerprint density at radius 3 is 1.22 bits per heavy atom. The maximum atomic E-state index is 13.1. The van der Waals surface area contributed by atoms with Gasteiger partial charge in [-0.05, 0) is 293 Å². The number of fused-ring (bicyclic) bond motifs is 2. The van der Waals surface area contributed by atoms with E-state index >= 15 is 0 Å². The number of anilines is 5. The predicted molar refractivity (Wildman–Crippen MR) is 566 cm³/mol. The Labute approximate surface area is 824 Å². The zero-order valence-electron chi connectivity index (χ0n) is 84.1. The van der Waals surface area contributed by atoms with E-state index in [1.165, 1.54) is 184 Å². The van der Waals surface area contributed by atoms with Crippen molar-refractivity contribution in [1.82, 2.24) is 0 Å². The summed E-state index contributed by atoms with van der Waals surface area (Å²) < 4.78 is 65.9. The zero-order chi connectivity index (χ0) is 96.9. The molecule has 6 fully saturated rings. The van der Waals surface area contributed by atoms with Crippen molar-refractivity contribution in [2.45, 2.75) is 269 Å². The fourth-order valence-electron chi connectivity index (χ4n) is 18.8. The van der Waals surface area contributed by atoms with Gasteiger partial charge in [0, 0.05) is 127 Å². The highest BCUT2D eigenvalue weighted by atomic mass is 35.5. The van der Waals surface area contributed by atoms with Crippen molar-refractivity contribution in [3.63, 3.8) is 0 Å². The van der Waals surface area contributed by atoms with Gasteiger partial charge in [0.2, 0.25) is 6.79 Å². The third-order valence-electron chi connectivity index (χ3n) is 26.7. The third kappa shape index (κ3) is 31.6. The van der Waals surface area contributed by atoms with E-state index in [-0.39, 0.29) is 5.92 Å². The van der Waals surface area contributed by atoms with Crippen LogP contribution in [0.1, 0.15) is 314 Å². The Balaban J connectivity index is 0.000000157. The number of hydrogen-bond donors (Lipinski definition) is 0. The summed E-state index contributed by atoms with van der Waals surface area (Å²) in [4.78, 5) is 12.0. The Morgan fingerprint density at radius 2 is 0.739 bits per heavy atom. The average Bonchev–Trinajstić information content (AvgIpc) is 1.75. The Hall–Kier alpha value is -8.37. The number of ether oxygens (including phenoxy) is 5. The van der Waals surface area contributed by atoms with Crippen LogP contribution in [0.15, 0.2) is 200 Å². The highest BCUT2D eigenvalue weighted by Crippen LogP contribution is 2.46. The van der Waals surface area contributed by atoms with Crippen molar-refractivity contribution in [3.8, 4) is 22.6 Å². The number of benzene rings is 10. The highest BCUT2D eigenvalue weighted by Gasteiger charge is 2.41. The first kappa shape index (κ1) is 108. The molecule has 0 atom stereocenters. The molecule has 8 aliphatic rings. The van der Waals surface area contributed by atoms with Gasteiger partial charge in [0.05, 0.1) is 32.0 Å². The lowest BCUT2D eigenvalue weighted by atomic mass is 9.80. The van der Waals surface area contributed by atoms with Gasteiger partial charge in [-0.1, -0.05) is 292 Å². The molecule has 0 N–H and O–H groups in total. The summed E-state index contributed by atoms with van der Waals surface area (Å²) in [5.41, 5.74) is 25.9. The molecular weight excluding hydrogens is 1750 g/mol. The van der Waals surface area contributed by atoms with Crippen LogP contribution in [0.5, 0.6) is 11.5 Å². The second-order valence-corrected chi connectivity index (χ2v) is 41.6. The summed E-state index contributed by atoms with van der Waals surface area (Å²) in [6.07, 6.45) is 6.89. The minimum atomic E-state index is -4.27. The highest BCUT2D eigenvalue weighted by molar-refractivity contribution is 6.31. The molecule has 0 bridgehead atoms. The average molecular weight is 1910 g/mol. The quantitative estimate of drug-likeness (QED) is 0.0992. The lowest BCUT2D eigenvalue weighted by Crippen LogP contribution is -2.36. The van der Waals surface area contributed by atoms with Gasteiger partial charge in [0.15, 0.2) is 11.5 Å². The van der Waals surface area contributed by atoms with E-state index in [1.54, 1.807) is 0 Å². The van der Waals surface area contributed by atoms with E-state index in [0.717, 1.165) is 129 Å². The number of morpholine rings is 1. The van der Waals surface area contributed by atoms with Crippen molar-refractivity contribution in [1.29, 1.82) is 0 Å². The van der Waals surface area contributed by atoms with E-state index in [2.05, 4.69) is 289 Å². The van der Waals surface area contributed by atoms with E-state index in [9.17, 15) is 13.2 Å². The summed E-state index contributed by atoms with van der Waals surface area (Å²) >= 11 is 24.1. The van der Waals surface area contributed by atoms with E-state index in [4.69, 9.17) is 70.1 Å². The number of aryl methyl sites for hydroxylation is 2. The molecule has 134 heavy (non-hydrogen) atoms. The molecule has 1 spiro atoms. The monoisotopic (exact) mass is 1910 g/mol. The number of nitrogens with zero attached hydrogens (tertiary/aromatic N) is 5. The molecule has 10 aromatic carbocycles. The molecule has 0 unspecified atom stereocenters. The van der Waals surface area contributed by atoms with Crippen LogP contribution in [0.25, 0.3) is 11.1 Å². The second-order valence-electron chi connectivity index (χ2n) is 39.9. The van der Waals surface area contributed by atoms with Gasteiger partial charge in [0.25, 0.3) is 0 Å². The largest absolute Gasteiger partial charge is 0.454 e. The Kier molecular flexibility index (Phi) is 42.1. The molecule has 0 saturated carbocycles. The number of halogens is 7. The fraction of sp³-hybridized carbons (Fsp3) is 0.487. The van der Waals surface area contributed by atoms with E-state index < -0.39 is 11.7 Å². The molecular formula is C117H154Cl4F3N5O5. The number of rotatable bonds is 15. The van der Waals surface area contributed by atoms with Gasteiger partial charge in [-0.15, -0.1) is 0 Å². The van der Waals surface area contributed by atoms with Crippen LogP contribution >= 0.6 is 46.4 Å². The summed E-state index contributed by atoms with van der Waals surface area (Å²) in [6.45, 7) is 59.8. The summed E-state index contributed by atoms with van der Waals surface area (Å²) in [5.74, 6) is 6.22. The molecule has 0 aliphatic carbocycles. The molecule has 10 nitrogen and oxygen atoms in total. The molecule has 8 heterocycles. The third-order valence-corrected chi connectivity index (χ3v) is 27.6. The predicted octanol–water partition coefficient (Wildman–Crippen LogP) is 33.6. The molecule has 18 rings (SSSR count). The molecule has 0 aromatic heterocycles. The van der Waals surface area contributed by atoms with Crippen molar-refractivity contribution >= 4 is 74.8 Å². The molecule has 8 aliphatic heterocycles. The second kappa shape index (κ2) is 52.4. The smallest absolute Gasteiger partial charge is 0.416 e. The lowest BCUT2D eigenvalue weighted by molar-refractivity contribution is -0.138. The first-order chi connectivity index (χ1) is 64.0. The fourth-order valence-corrected chi connectivity index (χ4v) is 19.4. The van der Waals surface area contributed by atoms with Crippen LogP contribution in [0.2, 0.25) is 20.1 Å². The molecule has 6 saturated heterocycles. The van der Waals surface area contributed by atoms with Gasteiger partial charge in [-0.2, -0.15) is 13.2 Å². The molecule has 0 radical (unpaired) electrons. The molecule has 0 amide bonds. The number of hydrogen-bond acceptors (Lipinski definition) is 10. The van der Waals surface area contributed by atoms with Crippen LogP contribution in [-0.2, 0) is 33.6 Å². The summed E-state index contributed by atoms with van der Waals surface area (Å²) in [7, 11) is 0. The molecule has 726 valence electrons. The maximum Gasteiger partial charge on any atom is 0.416 e. The van der Waals surface area contributed by atoms with Crippen LogP contribution < -0.4 is 34.0 Å². The van der Waals surface area contributed by atoms with Gasteiger partial charge < -0.3 is 48.2 Å². The van der Waals surface area contributed by atoms with E-state index in [0.29, 0.717) is 65.1 Å². The van der Waals surface area contributed by atoms with Crippen LogP contribution in [0.3, 0.4) is 0 Å². The van der Waals surface area contributed by atoms with Crippen molar-refractivity contribution < 1.29 is 36.9 Å². The summed E-state index contributed by atoms with van der Waals surface area (Å²) in [5, 5.41) is 3.31. The maximum absolute atomic E-state index is 13.1. The molecule has 17 heteroatoms.